The smallest absolute Gasteiger partial charge is 0.338 e. The number of nitrogen functional groups attached to an aromatic ring is 1. The Bertz CT molecular complexity index is 372. The summed E-state index contributed by atoms with van der Waals surface area (Å²) in [5.74, 6) is -0.894. The number of anilines is 1. The maximum absolute atomic E-state index is 11.4. The van der Waals surface area contributed by atoms with E-state index in [-0.39, 0.29) is 13.0 Å². The van der Waals surface area contributed by atoms with Gasteiger partial charge in [-0.15, -0.1) is 0 Å². The topological polar surface area (TPSA) is 78.6 Å². The molecule has 0 unspecified atom stereocenters. The molecule has 0 radical (unpaired) electrons. The molecule has 0 spiro atoms. The van der Waals surface area contributed by atoms with E-state index in [9.17, 15) is 9.59 Å². The van der Waals surface area contributed by atoms with Crippen LogP contribution in [0, 0.1) is 0 Å². The van der Waals surface area contributed by atoms with Crippen molar-refractivity contribution < 1.29 is 19.1 Å². The van der Waals surface area contributed by atoms with Gasteiger partial charge in [-0.2, -0.15) is 0 Å². The van der Waals surface area contributed by atoms with Crippen LogP contribution in [0.1, 0.15) is 16.8 Å². The largest absolute Gasteiger partial charge is 0.469 e. The number of nitrogens with two attached hydrogens (primary N) is 1. The lowest BCUT2D eigenvalue weighted by Gasteiger charge is -2.04. The van der Waals surface area contributed by atoms with Gasteiger partial charge in [-0.3, -0.25) is 4.79 Å². The number of ether oxygens (including phenoxy) is 2. The molecule has 5 heteroatoms. The Hall–Kier alpha value is -2.04. The molecule has 0 saturated carbocycles. The van der Waals surface area contributed by atoms with Crippen LogP contribution in [-0.4, -0.2) is 25.7 Å². The van der Waals surface area contributed by atoms with Crippen molar-refractivity contribution in [3.05, 3.63) is 29.8 Å². The number of hydrogen-bond acceptors (Lipinski definition) is 5. The second kappa shape index (κ2) is 5.75. The Labute approximate surface area is 93.1 Å². The van der Waals surface area contributed by atoms with Crippen molar-refractivity contribution in [2.24, 2.45) is 0 Å². The predicted octanol–water partition coefficient (Wildman–Crippen LogP) is 0.989. The van der Waals surface area contributed by atoms with Crippen LogP contribution in [0.4, 0.5) is 5.69 Å². The van der Waals surface area contributed by atoms with E-state index in [0.29, 0.717) is 11.3 Å². The zero-order valence-electron chi connectivity index (χ0n) is 8.93. The van der Waals surface area contributed by atoms with E-state index < -0.39 is 11.9 Å². The van der Waals surface area contributed by atoms with Gasteiger partial charge in [0.05, 0.1) is 19.1 Å². The lowest BCUT2D eigenvalue weighted by Crippen LogP contribution is -2.10. The lowest BCUT2D eigenvalue weighted by atomic mass is 10.2. The fourth-order valence-electron chi connectivity index (χ4n) is 1.03. The SMILES string of the molecule is COC(=O)CCOC(=O)c1ccc(N)cc1. The van der Waals surface area contributed by atoms with Crippen molar-refractivity contribution in [3.63, 3.8) is 0 Å². The van der Waals surface area contributed by atoms with Crippen molar-refractivity contribution >= 4 is 17.6 Å². The van der Waals surface area contributed by atoms with Crippen LogP contribution in [0.3, 0.4) is 0 Å². The highest BCUT2D eigenvalue weighted by atomic mass is 16.5. The van der Waals surface area contributed by atoms with Crippen LogP contribution in [0.2, 0.25) is 0 Å². The minimum atomic E-state index is -0.482. The molecule has 1 aromatic rings. The Kier molecular flexibility index (Phi) is 4.32. The van der Waals surface area contributed by atoms with E-state index >= 15 is 0 Å². The lowest BCUT2D eigenvalue weighted by molar-refractivity contribution is -0.141. The monoisotopic (exact) mass is 223 g/mol. The molecular weight excluding hydrogens is 210 g/mol. The van der Waals surface area contributed by atoms with Crippen LogP contribution >= 0.6 is 0 Å². The first-order valence-corrected chi connectivity index (χ1v) is 4.73. The number of carbonyl (C=O) groups is 2. The van der Waals surface area contributed by atoms with Crippen molar-refractivity contribution in [1.29, 1.82) is 0 Å². The first-order chi connectivity index (χ1) is 7.63. The van der Waals surface area contributed by atoms with E-state index in [1.165, 1.54) is 7.11 Å². The van der Waals surface area contributed by atoms with Crippen LogP contribution in [0.5, 0.6) is 0 Å². The normalized spacial score (nSPS) is 9.56. The Morgan fingerprint density at radius 3 is 2.44 bits per heavy atom. The van der Waals surface area contributed by atoms with Gasteiger partial charge in [0.2, 0.25) is 0 Å². The van der Waals surface area contributed by atoms with Gasteiger partial charge in [0, 0.05) is 5.69 Å². The van der Waals surface area contributed by atoms with Crippen molar-refractivity contribution in [3.8, 4) is 0 Å². The number of rotatable bonds is 4. The van der Waals surface area contributed by atoms with Gasteiger partial charge in [0.1, 0.15) is 6.61 Å². The molecule has 0 aliphatic carbocycles. The number of benzene rings is 1. The van der Waals surface area contributed by atoms with Gasteiger partial charge in [0.25, 0.3) is 0 Å². The zero-order valence-corrected chi connectivity index (χ0v) is 8.93. The summed E-state index contributed by atoms with van der Waals surface area (Å²) in [6.45, 7) is 0.00980. The van der Waals surface area contributed by atoms with Gasteiger partial charge in [-0.25, -0.2) is 4.79 Å². The summed E-state index contributed by atoms with van der Waals surface area (Å²) in [5.41, 5.74) is 6.45. The van der Waals surface area contributed by atoms with Gasteiger partial charge < -0.3 is 15.2 Å². The third kappa shape index (κ3) is 3.61. The Morgan fingerprint density at radius 2 is 1.88 bits per heavy atom. The molecule has 16 heavy (non-hydrogen) atoms. The Balaban J connectivity index is 2.41. The molecule has 0 aliphatic rings. The number of methoxy groups -OCH3 is 1. The molecule has 1 rings (SSSR count). The van der Waals surface area contributed by atoms with Crippen molar-refractivity contribution in [1.82, 2.24) is 0 Å². The summed E-state index contributed by atoms with van der Waals surface area (Å²) in [6.07, 6.45) is 0.0528. The summed E-state index contributed by atoms with van der Waals surface area (Å²) >= 11 is 0. The summed E-state index contributed by atoms with van der Waals surface area (Å²) in [6, 6.07) is 6.35. The Morgan fingerprint density at radius 1 is 1.25 bits per heavy atom. The first-order valence-electron chi connectivity index (χ1n) is 4.73. The van der Waals surface area contributed by atoms with E-state index in [1.807, 2.05) is 0 Å². The maximum Gasteiger partial charge on any atom is 0.338 e. The molecule has 0 saturated heterocycles. The summed E-state index contributed by atoms with van der Waals surface area (Å²) in [5, 5.41) is 0. The van der Waals surface area contributed by atoms with Crippen LogP contribution in [0.15, 0.2) is 24.3 Å². The average Bonchev–Trinajstić information content (AvgIpc) is 2.29. The molecular formula is C11H13NO4. The molecule has 1 aromatic carbocycles. The minimum Gasteiger partial charge on any atom is -0.469 e. The molecule has 86 valence electrons. The summed E-state index contributed by atoms with van der Waals surface area (Å²) in [7, 11) is 1.28. The maximum atomic E-state index is 11.4. The van der Waals surface area contributed by atoms with Gasteiger partial charge in [0.15, 0.2) is 0 Å². The van der Waals surface area contributed by atoms with Gasteiger partial charge in [-0.1, -0.05) is 0 Å². The zero-order chi connectivity index (χ0) is 12.0. The van der Waals surface area contributed by atoms with E-state index in [0.717, 1.165) is 0 Å². The minimum absolute atomic E-state index is 0.00980. The fourth-order valence-corrected chi connectivity index (χ4v) is 1.03. The molecule has 5 nitrogen and oxygen atoms in total. The van der Waals surface area contributed by atoms with Crippen molar-refractivity contribution in [2.45, 2.75) is 6.42 Å². The summed E-state index contributed by atoms with van der Waals surface area (Å²) in [4.78, 5) is 22.2. The molecule has 0 aliphatic heterocycles. The standard InChI is InChI=1S/C11H13NO4/c1-15-10(13)6-7-16-11(14)8-2-4-9(12)5-3-8/h2-5H,6-7,12H2,1H3. The average molecular weight is 223 g/mol. The highest BCUT2D eigenvalue weighted by Gasteiger charge is 2.07. The van der Waals surface area contributed by atoms with Crippen LogP contribution in [-0.2, 0) is 14.3 Å². The highest BCUT2D eigenvalue weighted by molar-refractivity contribution is 5.89. The van der Waals surface area contributed by atoms with E-state index in [1.54, 1.807) is 24.3 Å². The second-order valence-electron chi connectivity index (χ2n) is 3.08. The predicted molar refractivity (Wildman–Crippen MR) is 57.8 cm³/mol. The van der Waals surface area contributed by atoms with Crippen LogP contribution in [0.25, 0.3) is 0 Å². The molecule has 0 amide bonds. The van der Waals surface area contributed by atoms with Gasteiger partial charge in [-0.05, 0) is 24.3 Å². The van der Waals surface area contributed by atoms with Crippen molar-refractivity contribution in [2.75, 3.05) is 19.5 Å². The molecule has 0 heterocycles. The third-order valence-electron chi connectivity index (χ3n) is 1.91. The quantitative estimate of drug-likeness (QED) is 0.608. The number of carbonyl (C=O) groups excluding carboxylic acids is 2. The third-order valence-corrected chi connectivity index (χ3v) is 1.91. The van der Waals surface area contributed by atoms with Crippen LogP contribution < -0.4 is 5.73 Å². The first kappa shape index (κ1) is 12.0. The molecule has 0 aromatic heterocycles. The van der Waals surface area contributed by atoms with E-state index in [4.69, 9.17) is 10.5 Å². The molecule has 2 N–H and O–H groups in total. The molecule has 0 bridgehead atoms. The van der Waals surface area contributed by atoms with Gasteiger partial charge >= 0.3 is 11.9 Å². The number of hydrogen-bond donors (Lipinski definition) is 1. The number of esters is 2. The van der Waals surface area contributed by atoms with E-state index in [2.05, 4.69) is 4.74 Å². The molecule has 0 fully saturated rings. The summed E-state index contributed by atoms with van der Waals surface area (Å²) < 4.78 is 9.27. The molecule has 0 atom stereocenters. The highest BCUT2D eigenvalue weighted by Crippen LogP contribution is 2.06. The second-order valence-corrected chi connectivity index (χ2v) is 3.08. The fraction of sp³-hybridized carbons (Fsp3) is 0.273.